The van der Waals surface area contributed by atoms with Crippen LogP contribution in [0.2, 0.25) is 0 Å². The van der Waals surface area contributed by atoms with Crippen molar-refractivity contribution in [3.8, 4) is 5.75 Å². The number of benzene rings is 2. The molecule has 156 valence electrons. The lowest BCUT2D eigenvalue weighted by Gasteiger charge is -2.26. The molecule has 6 heteroatoms. The molecule has 1 saturated heterocycles. The summed E-state index contributed by atoms with van der Waals surface area (Å²) in [7, 11) is 1.60. The molecule has 1 unspecified atom stereocenters. The number of likely N-dealkylation sites (tertiary alicyclic amines) is 1. The molecule has 1 fully saturated rings. The molecule has 0 aromatic heterocycles. The fourth-order valence-corrected chi connectivity index (χ4v) is 4.20. The highest BCUT2D eigenvalue weighted by molar-refractivity contribution is 6.46. The fourth-order valence-electron chi connectivity index (χ4n) is 4.20. The molecule has 30 heavy (non-hydrogen) atoms. The minimum atomic E-state index is -0.657. The van der Waals surface area contributed by atoms with Crippen molar-refractivity contribution >= 4 is 17.4 Å². The average Bonchev–Trinajstić information content (AvgIpc) is 3.31. The van der Waals surface area contributed by atoms with Gasteiger partial charge in [-0.2, -0.15) is 0 Å². The topological polar surface area (TPSA) is 76.1 Å². The Hall–Kier alpha value is -3.12. The van der Waals surface area contributed by atoms with Gasteiger partial charge in [0, 0.05) is 32.2 Å². The Balaban J connectivity index is 1.83. The SMILES string of the molecule is COCCCN1C(=O)C(=O)/C(=C(/O)c2ccc3c(c2)CCO3)C1c1ccccc1C. The number of hydrogen-bond acceptors (Lipinski definition) is 5. The van der Waals surface area contributed by atoms with Crippen LogP contribution in [0.3, 0.4) is 0 Å². The van der Waals surface area contributed by atoms with Crippen molar-refractivity contribution in [3.63, 3.8) is 0 Å². The van der Waals surface area contributed by atoms with E-state index < -0.39 is 17.7 Å². The van der Waals surface area contributed by atoms with Crippen molar-refractivity contribution in [2.75, 3.05) is 26.9 Å². The molecule has 6 nitrogen and oxygen atoms in total. The number of aliphatic hydroxyl groups is 1. The number of methoxy groups -OCH3 is 1. The molecule has 2 heterocycles. The van der Waals surface area contributed by atoms with E-state index in [1.54, 1.807) is 24.1 Å². The lowest BCUT2D eigenvalue weighted by atomic mass is 9.92. The summed E-state index contributed by atoms with van der Waals surface area (Å²) in [5, 5.41) is 11.2. The summed E-state index contributed by atoms with van der Waals surface area (Å²) in [4.78, 5) is 27.5. The molecule has 2 aliphatic heterocycles. The Morgan fingerprint density at radius 3 is 2.80 bits per heavy atom. The van der Waals surface area contributed by atoms with E-state index in [1.165, 1.54) is 0 Å². The maximum atomic E-state index is 13.0. The van der Waals surface area contributed by atoms with Gasteiger partial charge in [0.25, 0.3) is 11.7 Å². The van der Waals surface area contributed by atoms with Crippen LogP contribution in [0.1, 0.15) is 34.7 Å². The Morgan fingerprint density at radius 2 is 2.03 bits per heavy atom. The van der Waals surface area contributed by atoms with Crippen molar-refractivity contribution < 1.29 is 24.2 Å². The number of rotatable bonds is 6. The highest BCUT2D eigenvalue weighted by Gasteiger charge is 2.46. The minimum Gasteiger partial charge on any atom is -0.507 e. The molecule has 1 N–H and O–H groups in total. The molecule has 0 saturated carbocycles. The smallest absolute Gasteiger partial charge is 0.295 e. The van der Waals surface area contributed by atoms with Crippen LogP contribution in [0.15, 0.2) is 48.0 Å². The fraction of sp³-hybridized carbons (Fsp3) is 0.333. The number of ketones is 1. The van der Waals surface area contributed by atoms with Crippen LogP contribution < -0.4 is 4.74 Å². The molecule has 0 aliphatic carbocycles. The van der Waals surface area contributed by atoms with Crippen molar-refractivity contribution in [2.45, 2.75) is 25.8 Å². The summed E-state index contributed by atoms with van der Waals surface area (Å²) >= 11 is 0. The van der Waals surface area contributed by atoms with Crippen molar-refractivity contribution in [2.24, 2.45) is 0 Å². The maximum Gasteiger partial charge on any atom is 0.295 e. The van der Waals surface area contributed by atoms with Gasteiger partial charge in [0.1, 0.15) is 11.5 Å². The van der Waals surface area contributed by atoms with E-state index in [0.29, 0.717) is 31.7 Å². The van der Waals surface area contributed by atoms with E-state index in [-0.39, 0.29) is 11.3 Å². The van der Waals surface area contributed by atoms with Gasteiger partial charge in [-0.05, 0) is 48.2 Å². The van der Waals surface area contributed by atoms with Crippen LogP contribution in [-0.4, -0.2) is 48.6 Å². The summed E-state index contributed by atoms with van der Waals surface area (Å²) in [6, 6.07) is 12.4. The molecule has 1 atom stereocenters. The van der Waals surface area contributed by atoms with Crippen LogP contribution >= 0.6 is 0 Å². The number of fused-ring (bicyclic) bond motifs is 1. The molecule has 2 aliphatic rings. The zero-order chi connectivity index (χ0) is 21.3. The summed E-state index contributed by atoms with van der Waals surface area (Å²) in [5.74, 6) is -0.604. The molecular weight excluding hydrogens is 382 g/mol. The third kappa shape index (κ3) is 3.48. The highest BCUT2D eigenvalue weighted by Crippen LogP contribution is 2.41. The van der Waals surface area contributed by atoms with Gasteiger partial charge in [-0.25, -0.2) is 0 Å². The molecule has 0 spiro atoms. The van der Waals surface area contributed by atoms with E-state index >= 15 is 0 Å². The van der Waals surface area contributed by atoms with Gasteiger partial charge in [0.2, 0.25) is 0 Å². The number of amides is 1. The summed E-state index contributed by atoms with van der Waals surface area (Å²) < 4.78 is 10.7. The quantitative estimate of drug-likeness (QED) is 0.344. The number of carbonyl (C=O) groups is 2. The third-order valence-electron chi connectivity index (χ3n) is 5.73. The first kappa shape index (κ1) is 20.2. The van der Waals surface area contributed by atoms with Crippen LogP contribution in [0.25, 0.3) is 5.76 Å². The Morgan fingerprint density at radius 1 is 1.23 bits per heavy atom. The van der Waals surface area contributed by atoms with Crippen molar-refractivity contribution in [3.05, 3.63) is 70.3 Å². The van der Waals surface area contributed by atoms with Crippen LogP contribution in [0.5, 0.6) is 5.75 Å². The zero-order valence-electron chi connectivity index (χ0n) is 17.2. The second-order valence-electron chi connectivity index (χ2n) is 7.62. The molecule has 2 aromatic rings. The van der Waals surface area contributed by atoms with E-state index in [0.717, 1.165) is 28.9 Å². The summed E-state index contributed by atoms with van der Waals surface area (Å²) in [6.07, 6.45) is 1.35. The van der Waals surface area contributed by atoms with Gasteiger partial charge in [-0.1, -0.05) is 24.3 Å². The predicted octanol–water partition coefficient (Wildman–Crippen LogP) is 3.39. The highest BCUT2D eigenvalue weighted by atomic mass is 16.5. The number of aliphatic hydroxyl groups excluding tert-OH is 1. The van der Waals surface area contributed by atoms with Gasteiger partial charge in [0.15, 0.2) is 0 Å². The van der Waals surface area contributed by atoms with Crippen molar-refractivity contribution in [1.29, 1.82) is 0 Å². The van der Waals surface area contributed by atoms with Crippen LogP contribution in [0, 0.1) is 6.92 Å². The van der Waals surface area contributed by atoms with Gasteiger partial charge in [-0.3, -0.25) is 9.59 Å². The summed E-state index contributed by atoms with van der Waals surface area (Å²) in [6.45, 7) is 3.39. The molecule has 0 radical (unpaired) electrons. The lowest BCUT2D eigenvalue weighted by molar-refractivity contribution is -0.140. The molecule has 0 bridgehead atoms. The average molecular weight is 407 g/mol. The second kappa shape index (κ2) is 8.32. The van der Waals surface area contributed by atoms with E-state index in [9.17, 15) is 14.7 Å². The van der Waals surface area contributed by atoms with E-state index in [1.807, 2.05) is 37.3 Å². The van der Waals surface area contributed by atoms with E-state index in [4.69, 9.17) is 9.47 Å². The first-order valence-electron chi connectivity index (χ1n) is 10.1. The number of ether oxygens (including phenoxy) is 2. The van der Waals surface area contributed by atoms with E-state index in [2.05, 4.69) is 0 Å². The van der Waals surface area contributed by atoms with Gasteiger partial charge < -0.3 is 19.5 Å². The molecule has 1 amide bonds. The number of carbonyl (C=O) groups excluding carboxylic acids is 2. The number of hydrogen-bond donors (Lipinski definition) is 1. The monoisotopic (exact) mass is 407 g/mol. The largest absolute Gasteiger partial charge is 0.507 e. The Labute approximate surface area is 175 Å². The number of nitrogens with zero attached hydrogens (tertiary/aromatic N) is 1. The van der Waals surface area contributed by atoms with Gasteiger partial charge in [0.05, 0.1) is 18.2 Å². The molecule has 2 aromatic carbocycles. The summed E-state index contributed by atoms with van der Waals surface area (Å²) in [5.41, 5.74) is 3.42. The molecule has 4 rings (SSSR count). The molecular formula is C24H25NO5. The van der Waals surface area contributed by atoms with Crippen LogP contribution in [0.4, 0.5) is 0 Å². The minimum absolute atomic E-state index is 0.130. The maximum absolute atomic E-state index is 13.0. The third-order valence-corrected chi connectivity index (χ3v) is 5.73. The normalized spacial score (nSPS) is 19.8. The second-order valence-corrected chi connectivity index (χ2v) is 7.62. The van der Waals surface area contributed by atoms with Crippen molar-refractivity contribution in [1.82, 2.24) is 4.90 Å². The van der Waals surface area contributed by atoms with Crippen LogP contribution in [-0.2, 0) is 20.7 Å². The zero-order valence-corrected chi connectivity index (χ0v) is 17.2. The lowest BCUT2D eigenvalue weighted by Crippen LogP contribution is -2.31. The van der Waals surface area contributed by atoms with Gasteiger partial charge in [-0.15, -0.1) is 0 Å². The predicted molar refractivity (Wildman–Crippen MR) is 112 cm³/mol. The first-order valence-corrected chi connectivity index (χ1v) is 10.1. The van der Waals surface area contributed by atoms with Gasteiger partial charge >= 0.3 is 0 Å². The standard InChI is InChI=1S/C24H25NO5/c1-15-6-3-4-7-18(15)21-20(23(27)24(28)25(21)11-5-12-29-2)22(26)17-8-9-19-16(14-17)10-13-30-19/h3-4,6-9,14,21,26H,5,10-13H2,1-2H3/b22-20+. The number of aryl methyl sites for hydroxylation is 1. The Bertz CT molecular complexity index is 1030. The Kier molecular flexibility index (Phi) is 5.59. The first-order chi connectivity index (χ1) is 14.5. The number of Topliss-reactive ketones (excluding diaryl/α,β-unsaturated/α-hetero) is 1.